The molecule has 0 aliphatic carbocycles. The molecule has 0 amide bonds. The van der Waals surface area contributed by atoms with Gasteiger partial charge in [-0.1, -0.05) is 12.1 Å². The number of hydrogen-bond donors (Lipinski definition) is 2. The van der Waals surface area contributed by atoms with Gasteiger partial charge in [-0.3, -0.25) is 0 Å². The van der Waals surface area contributed by atoms with Gasteiger partial charge in [0.05, 0.1) is 37.7 Å². The topological polar surface area (TPSA) is 24.7 Å². The van der Waals surface area contributed by atoms with Crippen molar-refractivity contribution in [1.29, 1.82) is 0 Å². The van der Waals surface area contributed by atoms with Crippen molar-refractivity contribution in [3.63, 3.8) is 0 Å². The van der Waals surface area contributed by atoms with E-state index in [9.17, 15) is 18.3 Å². The predicted molar refractivity (Wildman–Crippen MR) is 78.5 cm³/mol. The molecule has 0 saturated carbocycles. The average molecular weight is 320 g/mol. The number of thioether (sulfide) groups is 1. The van der Waals surface area contributed by atoms with E-state index in [-0.39, 0.29) is 5.92 Å². The first kappa shape index (κ1) is 16.6. The lowest BCUT2D eigenvalue weighted by atomic mass is 9.79. The molecule has 1 heterocycles. The summed E-state index contributed by atoms with van der Waals surface area (Å²) in [7, 11) is 4.04. The van der Waals surface area contributed by atoms with Crippen molar-refractivity contribution < 1.29 is 23.2 Å². The Morgan fingerprint density at radius 2 is 1.90 bits per heavy atom. The van der Waals surface area contributed by atoms with E-state index in [2.05, 4.69) is 0 Å². The second-order valence-corrected chi connectivity index (χ2v) is 7.08. The maximum atomic E-state index is 12.6. The van der Waals surface area contributed by atoms with Crippen molar-refractivity contribution in [2.24, 2.45) is 5.92 Å². The fourth-order valence-corrected chi connectivity index (χ4v) is 4.14. The first-order chi connectivity index (χ1) is 9.73. The molecule has 2 atom stereocenters. The maximum absolute atomic E-state index is 12.6. The van der Waals surface area contributed by atoms with Crippen LogP contribution in [-0.2, 0) is 11.8 Å². The van der Waals surface area contributed by atoms with Crippen molar-refractivity contribution in [2.75, 3.05) is 32.1 Å². The van der Waals surface area contributed by atoms with E-state index in [1.165, 1.54) is 17.0 Å². The average Bonchev–Trinajstić information content (AvgIpc) is 2.40. The Bertz CT molecular complexity index is 475. The lowest BCUT2D eigenvalue weighted by Crippen LogP contribution is -3.07. The molecule has 2 rings (SSSR count). The Morgan fingerprint density at radius 3 is 2.43 bits per heavy atom. The second kappa shape index (κ2) is 6.18. The lowest BCUT2D eigenvalue weighted by molar-refractivity contribution is -0.863. The lowest BCUT2D eigenvalue weighted by Gasteiger charge is -2.40. The van der Waals surface area contributed by atoms with Crippen molar-refractivity contribution >= 4 is 11.8 Å². The summed E-state index contributed by atoms with van der Waals surface area (Å²) in [5.41, 5.74) is -1.09. The van der Waals surface area contributed by atoms with E-state index in [1.807, 2.05) is 14.1 Å². The summed E-state index contributed by atoms with van der Waals surface area (Å²) in [6, 6.07) is 4.98. The van der Waals surface area contributed by atoms with Crippen LogP contribution in [0.2, 0.25) is 0 Å². The number of alkyl halides is 3. The smallest absolute Gasteiger partial charge is 0.385 e. The molecule has 21 heavy (non-hydrogen) atoms. The van der Waals surface area contributed by atoms with Crippen LogP contribution in [0.15, 0.2) is 24.3 Å². The molecular formula is C15H21F3NOS+. The SMILES string of the molecule is C[NH+](C)C[C@H]1CSCC[C@@]1(O)c1ccc(C(F)(F)F)cc1. The van der Waals surface area contributed by atoms with Gasteiger partial charge in [-0.05, 0) is 29.9 Å². The van der Waals surface area contributed by atoms with Crippen LogP contribution in [0.25, 0.3) is 0 Å². The largest absolute Gasteiger partial charge is 0.416 e. The van der Waals surface area contributed by atoms with Crippen LogP contribution in [0, 0.1) is 5.92 Å². The van der Waals surface area contributed by atoms with Gasteiger partial charge in [0.25, 0.3) is 0 Å². The van der Waals surface area contributed by atoms with Gasteiger partial charge < -0.3 is 10.0 Å². The molecule has 1 aliphatic heterocycles. The molecule has 1 aliphatic rings. The number of nitrogens with one attached hydrogen (secondary N) is 1. The quantitative estimate of drug-likeness (QED) is 0.888. The molecule has 0 radical (unpaired) electrons. The minimum absolute atomic E-state index is 0.0537. The van der Waals surface area contributed by atoms with Gasteiger partial charge in [-0.2, -0.15) is 24.9 Å². The van der Waals surface area contributed by atoms with Crippen molar-refractivity contribution in [3.8, 4) is 0 Å². The molecule has 1 aromatic rings. The Kier molecular flexibility index (Phi) is 4.90. The summed E-state index contributed by atoms with van der Waals surface area (Å²) in [6.45, 7) is 0.796. The summed E-state index contributed by atoms with van der Waals surface area (Å²) in [5, 5.41) is 11.0. The van der Waals surface area contributed by atoms with Crippen LogP contribution in [0.3, 0.4) is 0 Å². The Labute approximate surface area is 127 Å². The highest BCUT2D eigenvalue weighted by molar-refractivity contribution is 7.99. The van der Waals surface area contributed by atoms with Crippen molar-refractivity contribution in [2.45, 2.75) is 18.2 Å². The summed E-state index contributed by atoms with van der Waals surface area (Å²) < 4.78 is 37.9. The van der Waals surface area contributed by atoms with Crippen LogP contribution in [0.4, 0.5) is 13.2 Å². The first-order valence-electron chi connectivity index (χ1n) is 7.00. The van der Waals surface area contributed by atoms with Gasteiger partial charge in [-0.15, -0.1) is 0 Å². The normalized spacial score (nSPS) is 27.1. The van der Waals surface area contributed by atoms with Gasteiger partial charge in [0.15, 0.2) is 0 Å². The summed E-state index contributed by atoms with van der Waals surface area (Å²) in [5.74, 6) is 1.72. The van der Waals surface area contributed by atoms with Gasteiger partial charge in [-0.25, -0.2) is 0 Å². The molecule has 0 bridgehead atoms. The molecular weight excluding hydrogens is 299 g/mol. The molecule has 2 nitrogen and oxygen atoms in total. The fourth-order valence-electron chi connectivity index (χ4n) is 2.84. The third-order valence-corrected chi connectivity index (χ3v) is 5.12. The van der Waals surface area contributed by atoms with Gasteiger partial charge in [0, 0.05) is 5.75 Å². The molecule has 1 aromatic carbocycles. The molecule has 2 N–H and O–H groups in total. The van der Waals surface area contributed by atoms with Crippen LogP contribution >= 0.6 is 11.8 Å². The fraction of sp³-hybridized carbons (Fsp3) is 0.600. The van der Waals surface area contributed by atoms with Gasteiger partial charge in [0.2, 0.25) is 0 Å². The molecule has 1 saturated heterocycles. The van der Waals surface area contributed by atoms with E-state index in [0.717, 1.165) is 30.2 Å². The van der Waals surface area contributed by atoms with E-state index in [4.69, 9.17) is 0 Å². The predicted octanol–water partition coefficient (Wildman–Crippen LogP) is 1.79. The van der Waals surface area contributed by atoms with Crippen molar-refractivity contribution in [3.05, 3.63) is 35.4 Å². The number of halogens is 3. The number of aliphatic hydroxyl groups is 1. The minimum atomic E-state index is -4.34. The monoisotopic (exact) mass is 320 g/mol. The summed E-state index contributed by atoms with van der Waals surface area (Å²) in [4.78, 5) is 1.23. The number of rotatable bonds is 3. The zero-order valence-electron chi connectivity index (χ0n) is 12.2. The molecule has 0 unspecified atom stereocenters. The standard InChI is InChI=1S/C15H20F3NOS/c1-19(2)9-13-10-21-8-7-14(13,20)11-3-5-12(6-4-11)15(16,17)18/h3-6,13,20H,7-10H2,1-2H3/p+1/t13-,14+/m0/s1. The van der Waals surface area contributed by atoms with Crippen molar-refractivity contribution in [1.82, 2.24) is 0 Å². The zero-order valence-corrected chi connectivity index (χ0v) is 13.0. The number of quaternary nitrogens is 1. The summed E-state index contributed by atoms with van der Waals surface area (Å²) >= 11 is 1.80. The van der Waals surface area contributed by atoms with E-state index >= 15 is 0 Å². The van der Waals surface area contributed by atoms with Crippen LogP contribution in [0.1, 0.15) is 17.5 Å². The highest BCUT2D eigenvalue weighted by atomic mass is 32.2. The van der Waals surface area contributed by atoms with Crippen LogP contribution < -0.4 is 4.90 Å². The second-order valence-electron chi connectivity index (χ2n) is 5.93. The maximum Gasteiger partial charge on any atom is 0.416 e. The molecule has 0 aromatic heterocycles. The first-order valence-corrected chi connectivity index (χ1v) is 8.16. The number of hydrogen-bond acceptors (Lipinski definition) is 2. The minimum Gasteiger partial charge on any atom is -0.385 e. The Morgan fingerprint density at radius 1 is 1.29 bits per heavy atom. The third-order valence-electron chi connectivity index (χ3n) is 3.99. The van der Waals surface area contributed by atoms with E-state index < -0.39 is 17.3 Å². The molecule has 6 heteroatoms. The van der Waals surface area contributed by atoms with E-state index in [1.54, 1.807) is 11.8 Å². The Balaban J connectivity index is 2.28. The third kappa shape index (κ3) is 3.73. The molecule has 1 fully saturated rings. The highest BCUT2D eigenvalue weighted by Gasteiger charge is 2.42. The van der Waals surface area contributed by atoms with E-state index in [0.29, 0.717) is 12.0 Å². The summed E-state index contributed by atoms with van der Waals surface area (Å²) in [6.07, 6.45) is -3.75. The Hall–Kier alpha value is -0.720. The molecule has 118 valence electrons. The zero-order chi connectivity index (χ0) is 15.7. The van der Waals surface area contributed by atoms with Gasteiger partial charge in [0.1, 0.15) is 0 Å². The molecule has 0 spiro atoms. The highest BCUT2D eigenvalue weighted by Crippen LogP contribution is 2.40. The van der Waals surface area contributed by atoms with Gasteiger partial charge >= 0.3 is 6.18 Å². The number of benzene rings is 1. The van der Waals surface area contributed by atoms with Crippen LogP contribution in [-0.4, -0.2) is 37.3 Å². The van der Waals surface area contributed by atoms with Crippen LogP contribution in [0.5, 0.6) is 0 Å².